The van der Waals surface area contributed by atoms with E-state index in [1.165, 1.54) is 5.56 Å². The number of anilines is 1. The van der Waals surface area contributed by atoms with Gasteiger partial charge in [-0.15, -0.1) is 0 Å². The van der Waals surface area contributed by atoms with Gasteiger partial charge in [0.15, 0.2) is 5.11 Å². The van der Waals surface area contributed by atoms with E-state index in [1.807, 2.05) is 53.4 Å². The molecule has 186 valence electrons. The third kappa shape index (κ3) is 6.49. The van der Waals surface area contributed by atoms with E-state index < -0.39 is 6.04 Å². The van der Waals surface area contributed by atoms with Crippen molar-refractivity contribution in [1.82, 2.24) is 9.80 Å². The van der Waals surface area contributed by atoms with Crippen LogP contribution in [-0.4, -0.2) is 53.0 Å². The maximum absolute atomic E-state index is 13.5. The van der Waals surface area contributed by atoms with Gasteiger partial charge >= 0.3 is 0 Å². The number of hydrogen-bond donors (Lipinski definition) is 1. The molecule has 3 aromatic rings. The lowest BCUT2D eigenvalue weighted by Gasteiger charge is -2.24. The van der Waals surface area contributed by atoms with Crippen LogP contribution >= 0.6 is 12.2 Å². The van der Waals surface area contributed by atoms with Crippen molar-refractivity contribution in [2.45, 2.75) is 31.7 Å². The Morgan fingerprint density at radius 3 is 2.11 bits per heavy atom. The van der Waals surface area contributed by atoms with E-state index >= 15 is 0 Å². The van der Waals surface area contributed by atoms with E-state index in [2.05, 4.69) is 17.4 Å². The Bertz CT molecular complexity index is 1170. The Kier molecular flexibility index (Phi) is 8.68. The Labute approximate surface area is 217 Å². The molecule has 1 aliphatic rings. The highest BCUT2D eigenvalue weighted by molar-refractivity contribution is 7.80. The fourth-order valence-electron chi connectivity index (χ4n) is 4.40. The molecule has 2 amide bonds. The van der Waals surface area contributed by atoms with Crippen LogP contribution in [0.2, 0.25) is 0 Å². The fraction of sp³-hybridized carbons (Fsp3) is 0.276. The van der Waals surface area contributed by atoms with Crippen LogP contribution in [0.25, 0.3) is 0 Å². The molecule has 4 rings (SSSR count). The molecule has 1 saturated heterocycles. The highest BCUT2D eigenvalue weighted by Gasteiger charge is 2.42. The van der Waals surface area contributed by atoms with Gasteiger partial charge in [-0.3, -0.25) is 14.5 Å². The van der Waals surface area contributed by atoms with Gasteiger partial charge in [-0.1, -0.05) is 60.7 Å². The standard InChI is InChI=1S/C29H31N3O3S/c1-35-25-16-14-24(15-17-25)30-27(33)21-26-28(34)32(20-18-23-11-6-3-7-12-23)29(36)31(26)19-8-13-22-9-4-2-5-10-22/h2-7,9-12,14-17,26H,8,13,18-21H2,1H3,(H,30,33). The molecule has 1 aliphatic heterocycles. The van der Waals surface area contributed by atoms with Crippen molar-refractivity contribution in [1.29, 1.82) is 0 Å². The minimum absolute atomic E-state index is 0.0399. The molecule has 0 bridgehead atoms. The second-order valence-corrected chi connectivity index (χ2v) is 9.15. The van der Waals surface area contributed by atoms with E-state index in [-0.39, 0.29) is 18.2 Å². The molecule has 0 radical (unpaired) electrons. The zero-order valence-corrected chi connectivity index (χ0v) is 21.2. The Morgan fingerprint density at radius 1 is 0.889 bits per heavy atom. The van der Waals surface area contributed by atoms with Gasteiger partial charge in [0.05, 0.1) is 13.5 Å². The summed E-state index contributed by atoms with van der Waals surface area (Å²) in [6.45, 7) is 1.11. The first-order valence-corrected chi connectivity index (χ1v) is 12.6. The maximum Gasteiger partial charge on any atom is 0.252 e. The van der Waals surface area contributed by atoms with E-state index in [4.69, 9.17) is 17.0 Å². The molecule has 0 saturated carbocycles. The largest absolute Gasteiger partial charge is 0.497 e. The predicted molar refractivity (Wildman–Crippen MR) is 146 cm³/mol. The Morgan fingerprint density at radius 2 is 1.50 bits per heavy atom. The second-order valence-electron chi connectivity index (χ2n) is 8.79. The number of nitrogens with zero attached hydrogens (tertiary/aromatic N) is 2. The molecule has 6 nitrogen and oxygen atoms in total. The molecule has 1 N–H and O–H groups in total. The van der Waals surface area contributed by atoms with Crippen molar-refractivity contribution in [3.8, 4) is 5.75 Å². The third-order valence-electron chi connectivity index (χ3n) is 6.33. The summed E-state index contributed by atoms with van der Waals surface area (Å²) in [6.07, 6.45) is 2.46. The van der Waals surface area contributed by atoms with Crippen LogP contribution in [0.4, 0.5) is 5.69 Å². The minimum Gasteiger partial charge on any atom is -0.497 e. The average Bonchev–Trinajstić information content (AvgIpc) is 3.12. The molecule has 7 heteroatoms. The van der Waals surface area contributed by atoms with Gasteiger partial charge in [-0.2, -0.15) is 0 Å². The summed E-state index contributed by atoms with van der Waals surface area (Å²) in [7, 11) is 1.60. The van der Waals surface area contributed by atoms with E-state index in [1.54, 1.807) is 36.3 Å². The number of benzene rings is 3. The lowest BCUT2D eigenvalue weighted by molar-refractivity contribution is -0.130. The van der Waals surface area contributed by atoms with Gasteiger partial charge in [0.2, 0.25) is 5.91 Å². The zero-order chi connectivity index (χ0) is 25.3. The highest BCUT2D eigenvalue weighted by Crippen LogP contribution is 2.23. The summed E-state index contributed by atoms with van der Waals surface area (Å²) in [5.41, 5.74) is 3.04. The van der Waals surface area contributed by atoms with Crippen LogP contribution in [0.15, 0.2) is 84.9 Å². The SMILES string of the molecule is COc1ccc(NC(=O)CC2C(=O)N(CCc3ccccc3)C(=S)N2CCCc2ccccc2)cc1. The van der Waals surface area contributed by atoms with Crippen LogP contribution in [0.3, 0.4) is 0 Å². The number of methoxy groups -OCH3 is 1. The third-order valence-corrected chi connectivity index (χ3v) is 6.79. The predicted octanol–water partition coefficient (Wildman–Crippen LogP) is 4.70. The molecule has 1 heterocycles. The molecular formula is C29H31N3O3S. The number of aryl methyl sites for hydroxylation is 1. The zero-order valence-electron chi connectivity index (χ0n) is 20.4. The van der Waals surface area contributed by atoms with Crippen molar-refractivity contribution in [2.24, 2.45) is 0 Å². The number of carbonyl (C=O) groups excluding carboxylic acids is 2. The monoisotopic (exact) mass is 501 g/mol. The van der Waals surface area contributed by atoms with Gasteiger partial charge in [0.25, 0.3) is 5.91 Å². The van der Waals surface area contributed by atoms with Crippen molar-refractivity contribution in [3.63, 3.8) is 0 Å². The van der Waals surface area contributed by atoms with Crippen molar-refractivity contribution < 1.29 is 14.3 Å². The fourth-order valence-corrected chi connectivity index (χ4v) is 4.80. The smallest absolute Gasteiger partial charge is 0.252 e. The minimum atomic E-state index is -0.609. The highest BCUT2D eigenvalue weighted by atomic mass is 32.1. The first-order valence-electron chi connectivity index (χ1n) is 12.2. The summed E-state index contributed by atoms with van der Waals surface area (Å²) in [4.78, 5) is 30.0. The topological polar surface area (TPSA) is 61.9 Å². The Balaban J connectivity index is 1.43. The molecule has 0 spiro atoms. The van der Waals surface area contributed by atoms with Crippen molar-refractivity contribution in [2.75, 3.05) is 25.5 Å². The lowest BCUT2D eigenvalue weighted by atomic mass is 10.1. The first-order chi connectivity index (χ1) is 17.5. The second kappa shape index (κ2) is 12.3. The van der Waals surface area contributed by atoms with Gasteiger partial charge in [-0.25, -0.2) is 0 Å². The number of rotatable bonds is 11. The van der Waals surface area contributed by atoms with Gasteiger partial charge in [-0.05, 0) is 66.9 Å². The number of hydrogen-bond acceptors (Lipinski definition) is 4. The van der Waals surface area contributed by atoms with Crippen LogP contribution in [-0.2, 0) is 22.4 Å². The summed E-state index contributed by atoms with van der Waals surface area (Å²) in [5, 5.41) is 3.40. The summed E-state index contributed by atoms with van der Waals surface area (Å²) in [5.74, 6) is 0.378. The number of carbonyl (C=O) groups is 2. The van der Waals surface area contributed by atoms with Crippen LogP contribution in [0.5, 0.6) is 5.75 Å². The molecule has 1 unspecified atom stereocenters. The number of ether oxygens (including phenoxy) is 1. The van der Waals surface area contributed by atoms with Gasteiger partial charge < -0.3 is 15.0 Å². The van der Waals surface area contributed by atoms with Crippen molar-refractivity contribution in [3.05, 3.63) is 96.1 Å². The van der Waals surface area contributed by atoms with E-state index in [0.717, 1.165) is 18.4 Å². The molecule has 0 aromatic heterocycles. The molecule has 1 fully saturated rings. The Hall–Kier alpha value is -3.71. The quantitative estimate of drug-likeness (QED) is 0.386. The summed E-state index contributed by atoms with van der Waals surface area (Å²) >= 11 is 5.76. The molecule has 1 atom stereocenters. The molecule has 36 heavy (non-hydrogen) atoms. The van der Waals surface area contributed by atoms with E-state index in [9.17, 15) is 9.59 Å². The normalized spacial score (nSPS) is 15.3. The first kappa shape index (κ1) is 25.4. The van der Waals surface area contributed by atoms with Crippen LogP contribution in [0, 0.1) is 0 Å². The van der Waals surface area contributed by atoms with Crippen LogP contribution < -0.4 is 10.1 Å². The lowest BCUT2D eigenvalue weighted by Crippen LogP contribution is -2.38. The summed E-state index contributed by atoms with van der Waals surface area (Å²) in [6, 6.07) is 26.8. The molecular weight excluding hydrogens is 470 g/mol. The van der Waals surface area contributed by atoms with Crippen molar-refractivity contribution >= 4 is 34.8 Å². The number of amides is 2. The number of nitrogens with one attached hydrogen (secondary N) is 1. The summed E-state index contributed by atoms with van der Waals surface area (Å²) < 4.78 is 5.17. The van der Waals surface area contributed by atoms with Crippen LogP contribution in [0.1, 0.15) is 24.0 Å². The molecule has 0 aliphatic carbocycles. The molecule has 3 aromatic carbocycles. The maximum atomic E-state index is 13.5. The van der Waals surface area contributed by atoms with E-state index in [0.29, 0.717) is 36.1 Å². The average molecular weight is 502 g/mol. The van der Waals surface area contributed by atoms with Gasteiger partial charge in [0, 0.05) is 18.8 Å². The van der Waals surface area contributed by atoms with Gasteiger partial charge in [0.1, 0.15) is 11.8 Å². The number of thiocarbonyl (C=S) groups is 1.